The number of halogens is 2. The minimum Gasteiger partial charge on any atom is -0.379 e. The standard InChI is InChI=1S/C29H34F2N6O2.H2S/c1-19-14-37(9-8-29(19,30)31)15-20-10-24(21-6-7-21)34-25(11-20)27(38)33-23-5-3-4-22(12-23)28(16-39-17-28)13-26-35-32-18-36(26)2;/h3-5,10-12,18-19,21H,6-9,13-17H2,1-2H3,(H,33,38);1H2/t19-;/m0./s1. The summed E-state index contributed by atoms with van der Waals surface area (Å²) in [6.07, 6.45) is 4.36. The average molecular weight is 571 g/mol. The van der Waals surface area contributed by atoms with E-state index in [1.165, 1.54) is 0 Å². The van der Waals surface area contributed by atoms with Crippen molar-refractivity contribution in [1.29, 1.82) is 0 Å². The molecule has 0 spiro atoms. The van der Waals surface area contributed by atoms with Gasteiger partial charge in [0.05, 0.1) is 13.2 Å². The van der Waals surface area contributed by atoms with Crippen molar-refractivity contribution in [1.82, 2.24) is 24.6 Å². The number of carbonyl (C=O) groups excluding carboxylic acids is 1. The molecular formula is C29H36F2N6O2S. The Bertz CT molecular complexity index is 1370. The lowest BCUT2D eigenvalue weighted by molar-refractivity contribution is -0.100. The molecular weight excluding hydrogens is 534 g/mol. The Hall–Kier alpha value is -2.89. The zero-order chi connectivity index (χ0) is 27.2. The maximum atomic E-state index is 14.0. The fourth-order valence-corrected chi connectivity index (χ4v) is 5.59. The molecule has 1 atom stereocenters. The van der Waals surface area contributed by atoms with Gasteiger partial charge in [0.2, 0.25) is 0 Å². The lowest BCUT2D eigenvalue weighted by Gasteiger charge is -2.41. The van der Waals surface area contributed by atoms with Crippen LogP contribution in [0.15, 0.2) is 42.7 Å². The molecule has 3 aliphatic rings. The molecule has 2 aromatic heterocycles. The maximum absolute atomic E-state index is 14.0. The first-order chi connectivity index (χ1) is 18.7. The second kappa shape index (κ2) is 11.2. The largest absolute Gasteiger partial charge is 0.379 e. The van der Waals surface area contributed by atoms with Crippen LogP contribution in [0.4, 0.5) is 14.5 Å². The Morgan fingerprint density at radius 2 is 2.00 bits per heavy atom. The number of alkyl halides is 2. The van der Waals surface area contributed by atoms with Gasteiger partial charge in [-0.15, -0.1) is 10.2 Å². The number of aromatic nitrogens is 4. The lowest BCUT2D eigenvalue weighted by Crippen LogP contribution is -2.49. The summed E-state index contributed by atoms with van der Waals surface area (Å²) < 4.78 is 35.5. The van der Waals surface area contributed by atoms with Gasteiger partial charge in [0.1, 0.15) is 17.8 Å². The van der Waals surface area contributed by atoms with Gasteiger partial charge in [0.15, 0.2) is 0 Å². The molecule has 2 saturated heterocycles. The van der Waals surface area contributed by atoms with Crippen molar-refractivity contribution in [2.24, 2.45) is 13.0 Å². The van der Waals surface area contributed by atoms with E-state index in [1.807, 2.05) is 35.9 Å². The summed E-state index contributed by atoms with van der Waals surface area (Å²) >= 11 is 0. The summed E-state index contributed by atoms with van der Waals surface area (Å²) in [5.41, 5.74) is 3.76. The number of ether oxygens (including phenoxy) is 1. The van der Waals surface area contributed by atoms with Crippen LogP contribution in [-0.2, 0) is 30.2 Å². The number of carbonyl (C=O) groups is 1. The first-order valence-electron chi connectivity index (χ1n) is 13.6. The molecule has 6 rings (SSSR count). The van der Waals surface area contributed by atoms with Crippen LogP contribution in [0.5, 0.6) is 0 Å². The summed E-state index contributed by atoms with van der Waals surface area (Å²) in [6.45, 7) is 3.96. The monoisotopic (exact) mass is 570 g/mol. The summed E-state index contributed by atoms with van der Waals surface area (Å²) in [5, 5.41) is 11.3. The highest BCUT2D eigenvalue weighted by Crippen LogP contribution is 2.40. The van der Waals surface area contributed by atoms with E-state index in [-0.39, 0.29) is 31.2 Å². The van der Waals surface area contributed by atoms with Crippen LogP contribution in [0.1, 0.15) is 65.2 Å². The van der Waals surface area contributed by atoms with Gasteiger partial charge in [0, 0.05) is 68.2 Å². The number of anilines is 1. The molecule has 4 heterocycles. The van der Waals surface area contributed by atoms with Crippen molar-refractivity contribution >= 4 is 25.1 Å². The van der Waals surface area contributed by atoms with E-state index in [0.29, 0.717) is 56.6 Å². The van der Waals surface area contributed by atoms with Crippen LogP contribution in [0.2, 0.25) is 0 Å². The second-order valence-corrected chi connectivity index (χ2v) is 11.5. The molecule has 3 aromatic rings. The molecule has 0 bridgehead atoms. The smallest absolute Gasteiger partial charge is 0.274 e. The van der Waals surface area contributed by atoms with Gasteiger partial charge in [-0.3, -0.25) is 9.69 Å². The summed E-state index contributed by atoms with van der Waals surface area (Å²) in [6, 6.07) is 11.7. The second-order valence-electron chi connectivity index (χ2n) is 11.5. The highest BCUT2D eigenvalue weighted by atomic mass is 32.1. The van der Waals surface area contributed by atoms with Crippen molar-refractivity contribution in [2.45, 2.75) is 56.4 Å². The van der Waals surface area contributed by atoms with Crippen LogP contribution < -0.4 is 5.32 Å². The summed E-state index contributed by atoms with van der Waals surface area (Å²) in [4.78, 5) is 20.1. The number of nitrogens with one attached hydrogen (secondary N) is 1. The third-order valence-electron chi connectivity index (χ3n) is 8.34. The van der Waals surface area contributed by atoms with E-state index in [4.69, 9.17) is 9.72 Å². The minimum atomic E-state index is -2.62. The van der Waals surface area contributed by atoms with Crippen LogP contribution in [0, 0.1) is 5.92 Å². The molecule has 214 valence electrons. The number of piperidine rings is 1. The number of amides is 1. The maximum Gasteiger partial charge on any atom is 0.274 e. The van der Waals surface area contributed by atoms with Crippen LogP contribution in [0.3, 0.4) is 0 Å². The van der Waals surface area contributed by atoms with Gasteiger partial charge in [0.25, 0.3) is 11.8 Å². The zero-order valence-electron chi connectivity index (χ0n) is 22.9. The van der Waals surface area contributed by atoms with Crippen molar-refractivity contribution in [3.8, 4) is 0 Å². The fraction of sp³-hybridized carbons (Fsp3) is 0.517. The van der Waals surface area contributed by atoms with Gasteiger partial charge >= 0.3 is 0 Å². The van der Waals surface area contributed by atoms with Crippen molar-refractivity contribution in [3.05, 3.63) is 71.1 Å². The van der Waals surface area contributed by atoms with Gasteiger partial charge in [-0.05, 0) is 48.2 Å². The molecule has 8 nitrogen and oxygen atoms in total. The SMILES string of the molecule is C[C@H]1CN(Cc2cc(C(=O)Nc3cccc(C4(Cc5nncn5C)COC4)c3)nc(C3CC3)c2)CCC1(F)F.S. The number of likely N-dealkylation sites (tertiary alicyclic amines) is 1. The number of pyridine rings is 1. The fourth-order valence-electron chi connectivity index (χ4n) is 5.59. The van der Waals surface area contributed by atoms with E-state index >= 15 is 0 Å². The molecule has 1 aromatic carbocycles. The predicted molar refractivity (Wildman–Crippen MR) is 152 cm³/mol. The number of rotatable bonds is 8. The Kier molecular flexibility index (Phi) is 8.00. The van der Waals surface area contributed by atoms with Crippen LogP contribution >= 0.6 is 13.5 Å². The topological polar surface area (TPSA) is 85.2 Å². The van der Waals surface area contributed by atoms with Crippen LogP contribution in [0.25, 0.3) is 0 Å². The zero-order valence-corrected chi connectivity index (χ0v) is 23.9. The Balaban J connectivity index is 0.00000323. The van der Waals surface area contributed by atoms with Crippen molar-refractivity contribution < 1.29 is 18.3 Å². The van der Waals surface area contributed by atoms with Crippen LogP contribution in [-0.4, -0.2) is 62.8 Å². The molecule has 1 amide bonds. The molecule has 1 N–H and O–H groups in total. The molecule has 40 heavy (non-hydrogen) atoms. The van der Waals surface area contributed by atoms with Gasteiger partial charge < -0.3 is 14.6 Å². The van der Waals surface area contributed by atoms with Gasteiger partial charge in [-0.25, -0.2) is 13.8 Å². The molecule has 11 heteroatoms. The highest BCUT2D eigenvalue weighted by molar-refractivity contribution is 7.59. The van der Waals surface area contributed by atoms with E-state index in [9.17, 15) is 13.6 Å². The minimum absolute atomic E-state index is 0. The number of hydrogen-bond donors (Lipinski definition) is 1. The van der Waals surface area contributed by atoms with Crippen molar-refractivity contribution in [3.63, 3.8) is 0 Å². The highest BCUT2D eigenvalue weighted by Gasteiger charge is 2.42. The van der Waals surface area contributed by atoms with E-state index < -0.39 is 11.8 Å². The summed E-state index contributed by atoms with van der Waals surface area (Å²) in [5.74, 6) is -2.34. The van der Waals surface area contributed by atoms with Gasteiger partial charge in [-0.2, -0.15) is 13.5 Å². The lowest BCUT2D eigenvalue weighted by atomic mass is 9.75. The Morgan fingerprint density at radius 3 is 2.65 bits per heavy atom. The first-order valence-corrected chi connectivity index (χ1v) is 13.6. The third kappa shape index (κ3) is 5.91. The molecule has 0 unspecified atom stereocenters. The normalized spacial score (nSPS) is 21.8. The molecule has 1 saturated carbocycles. The quantitative estimate of drug-likeness (QED) is 0.431. The van der Waals surface area contributed by atoms with E-state index in [1.54, 1.807) is 19.3 Å². The van der Waals surface area contributed by atoms with Gasteiger partial charge in [-0.1, -0.05) is 19.1 Å². The Morgan fingerprint density at radius 1 is 1.20 bits per heavy atom. The average Bonchev–Trinajstić information content (AvgIpc) is 3.66. The number of benzene rings is 1. The first kappa shape index (κ1) is 28.6. The number of hydrogen-bond acceptors (Lipinski definition) is 6. The molecule has 3 fully saturated rings. The third-order valence-corrected chi connectivity index (χ3v) is 8.34. The molecule has 0 radical (unpaired) electrons. The van der Waals surface area contributed by atoms with E-state index in [0.717, 1.165) is 35.5 Å². The van der Waals surface area contributed by atoms with Crippen molar-refractivity contribution in [2.75, 3.05) is 31.6 Å². The molecule has 1 aliphatic carbocycles. The van der Waals surface area contributed by atoms with E-state index in [2.05, 4.69) is 26.5 Å². The number of aryl methyl sites for hydroxylation is 1. The molecule has 2 aliphatic heterocycles. The summed E-state index contributed by atoms with van der Waals surface area (Å²) in [7, 11) is 1.93. The predicted octanol–water partition coefficient (Wildman–Crippen LogP) is 4.44. The number of nitrogens with zero attached hydrogens (tertiary/aromatic N) is 5. The Labute approximate surface area is 240 Å².